The standard InChI is InChI=1S/C14H21NO4S2/c1-2-12-3-4-13(20-12)21(16,17)15-7-5-11(6-8-15)14-18-9-10-19-14/h3-4,11,14H,2,5-10H2,1H3. The van der Waals surface area contributed by atoms with Crippen LogP contribution in [0.25, 0.3) is 0 Å². The lowest BCUT2D eigenvalue weighted by Gasteiger charge is -2.32. The topological polar surface area (TPSA) is 55.8 Å². The number of rotatable bonds is 4. The van der Waals surface area contributed by atoms with E-state index in [1.165, 1.54) is 11.3 Å². The third kappa shape index (κ3) is 3.17. The van der Waals surface area contributed by atoms with Gasteiger partial charge in [-0.05, 0) is 31.4 Å². The fourth-order valence-electron chi connectivity index (χ4n) is 2.85. The van der Waals surface area contributed by atoms with E-state index in [-0.39, 0.29) is 6.29 Å². The summed E-state index contributed by atoms with van der Waals surface area (Å²) in [4.78, 5) is 1.11. The summed E-state index contributed by atoms with van der Waals surface area (Å²) >= 11 is 1.38. The summed E-state index contributed by atoms with van der Waals surface area (Å²) in [6.45, 7) is 4.44. The van der Waals surface area contributed by atoms with Gasteiger partial charge in [-0.3, -0.25) is 0 Å². The first kappa shape index (κ1) is 15.4. The van der Waals surface area contributed by atoms with Crippen molar-refractivity contribution in [1.82, 2.24) is 4.31 Å². The molecule has 1 aromatic heterocycles. The van der Waals surface area contributed by atoms with Gasteiger partial charge in [0, 0.05) is 23.9 Å². The molecule has 1 aromatic rings. The predicted molar refractivity (Wildman–Crippen MR) is 80.9 cm³/mol. The smallest absolute Gasteiger partial charge is 0.252 e. The molecule has 2 aliphatic rings. The van der Waals surface area contributed by atoms with Gasteiger partial charge in [-0.2, -0.15) is 4.31 Å². The van der Waals surface area contributed by atoms with Crippen LogP contribution in [-0.2, 0) is 25.9 Å². The van der Waals surface area contributed by atoms with Crippen molar-refractivity contribution in [1.29, 1.82) is 0 Å². The average molecular weight is 331 g/mol. The third-order valence-corrected chi connectivity index (χ3v) is 7.71. The molecule has 0 radical (unpaired) electrons. The van der Waals surface area contributed by atoms with Gasteiger partial charge >= 0.3 is 0 Å². The van der Waals surface area contributed by atoms with E-state index < -0.39 is 10.0 Å². The Morgan fingerprint density at radius 2 is 1.90 bits per heavy atom. The maximum Gasteiger partial charge on any atom is 0.252 e. The van der Waals surface area contributed by atoms with E-state index in [1.54, 1.807) is 10.4 Å². The number of aryl methyl sites for hydroxylation is 1. The zero-order valence-electron chi connectivity index (χ0n) is 12.2. The summed E-state index contributed by atoms with van der Waals surface area (Å²) in [6.07, 6.45) is 2.34. The van der Waals surface area contributed by atoms with E-state index in [2.05, 4.69) is 0 Å². The van der Waals surface area contributed by atoms with Crippen molar-refractivity contribution in [3.8, 4) is 0 Å². The number of piperidine rings is 1. The zero-order chi connectivity index (χ0) is 14.9. The van der Waals surface area contributed by atoms with Gasteiger partial charge < -0.3 is 9.47 Å². The van der Waals surface area contributed by atoms with Crippen LogP contribution in [0.4, 0.5) is 0 Å². The molecular weight excluding hydrogens is 310 g/mol. The molecular formula is C14H21NO4S2. The molecule has 0 unspecified atom stereocenters. The van der Waals surface area contributed by atoms with Crippen molar-refractivity contribution in [3.63, 3.8) is 0 Å². The Hall–Kier alpha value is -0.470. The summed E-state index contributed by atoms with van der Waals surface area (Å²) in [5, 5.41) is 0. The van der Waals surface area contributed by atoms with Crippen LogP contribution in [0.2, 0.25) is 0 Å². The van der Waals surface area contributed by atoms with Crippen molar-refractivity contribution >= 4 is 21.4 Å². The fraction of sp³-hybridized carbons (Fsp3) is 0.714. The van der Waals surface area contributed by atoms with Gasteiger partial charge in [0.15, 0.2) is 6.29 Å². The quantitative estimate of drug-likeness (QED) is 0.848. The largest absolute Gasteiger partial charge is 0.350 e. The molecule has 3 heterocycles. The van der Waals surface area contributed by atoms with Crippen LogP contribution in [-0.4, -0.2) is 45.3 Å². The molecule has 0 atom stereocenters. The molecule has 2 fully saturated rings. The van der Waals surface area contributed by atoms with E-state index in [9.17, 15) is 8.42 Å². The fourth-order valence-corrected chi connectivity index (χ4v) is 5.77. The van der Waals surface area contributed by atoms with Crippen molar-refractivity contribution in [2.45, 2.75) is 36.7 Å². The Kier molecular flexibility index (Phi) is 4.66. The molecule has 7 heteroatoms. The summed E-state index contributed by atoms with van der Waals surface area (Å²) in [5.74, 6) is 0.313. The van der Waals surface area contributed by atoms with Crippen LogP contribution >= 0.6 is 11.3 Å². The zero-order valence-corrected chi connectivity index (χ0v) is 13.8. The van der Waals surface area contributed by atoms with Crippen molar-refractivity contribution in [3.05, 3.63) is 17.0 Å². The first-order valence-electron chi connectivity index (χ1n) is 7.43. The highest BCUT2D eigenvalue weighted by molar-refractivity contribution is 7.91. The molecule has 0 amide bonds. The predicted octanol–water partition coefficient (Wildman–Crippen LogP) is 2.08. The second kappa shape index (κ2) is 6.34. The molecule has 0 bridgehead atoms. The number of hydrogen-bond donors (Lipinski definition) is 0. The van der Waals surface area contributed by atoms with Crippen LogP contribution in [0.1, 0.15) is 24.6 Å². The highest BCUT2D eigenvalue weighted by atomic mass is 32.2. The first-order chi connectivity index (χ1) is 10.1. The van der Waals surface area contributed by atoms with Crippen LogP contribution in [0, 0.1) is 5.92 Å². The van der Waals surface area contributed by atoms with Gasteiger partial charge in [0.2, 0.25) is 0 Å². The number of hydrogen-bond acceptors (Lipinski definition) is 5. The van der Waals surface area contributed by atoms with Crippen molar-refractivity contribution in [2.75, 3.05) is 26.3 Å². The summed E-state index contributed by atoms with van der Waals surface area (Å²) in [5.41, 5.74) is 0. The molecule has 3 rings (SSSR count). The van der Waals surface area contributed by atoms with E-state index in [1.807, 2.05) is 13.0 Å². The SMILES string of the molecule is CCc1ccc(S(=O)(=O)N2CCC(C3OCCO3)CC2)s1. The van der Waals surface area contributed by atoms with E-state index in [0.717, 1.165) is 24.1 Å². The Morgan fingerprint density at radius 3 is 2.48 bits per heavy atom. The molecule has 21 heavy (non-hydrogen) atoms. The van der Waals surface area contributed by atoms with Crippen LogP contribution in [0.5, 0.6) is 0 Å². The summed E-state index contributed by atoms with van der Waals surface area (Å²) in [6, 6.07) is 3.64. The molecule has 5 nitrogen and oxygen atoms in total. The lowest BCUT2D eigenvalue weighted by Crippen LogP contribution is -2.41. The molecule has 0 N–H and O–H groups in total. The highest BCUT2D eigenvalue weighted by Gasteiger charge is 2.35. The molecule has 0 aliphatic carbocycles. The molecule has 118 valence electrons. The minimum atomic E-state index is -3.33. The minimum absolute atomic E-state index is 0.136. The number of ether oxygens (including phenoxy) is 2. The Balaban J connectivity index is 1.65. The van der Waals surface area contributed by atoms with Crippen LogP contribution in [0.3, 0.4) is 0 Å². The second-order valence-electron chi connectivity index (χ2n) is 5.43. The Labute approximate surface area is 129 Å². The lowest BCUT2D eigenvalue weighted by atomic mass is 9.98. The highest BCUT2D eigenvalue weighted by Crippen LogP contribution is 2.31. The number of thiophene rings is 1. The second-order valence-corrected chi connectivity index (χ2v) is 8.76. The third-order valence-electron chi connectivity index (χ3n) is 4.11. The van der Waals surface area contributed by atoms with E-state index >= 15 is 0 Å². The van der Waals surface area contributed by atoms with Gasteiger partial charge in [0.05, 0.1) is 13.2 Å². The van der Waals surface area contributed by atoms with Crippen molar-refractivity contribution < 1.29 is 17.9 Å². The van der Waals surface area contributed by atoms with Gasteiger partial charge in [-0.15, -0.1) is 11.3 Å². The Morgan fingerprint density at radius 1 is 1.24 bits per heavy atom. The molecule has 2 saturated heterocycles. The van der Waals surface area contributed by atoms with Crippen LogP contribution < -0.4 is 0 Å². The monoisotopic (exact) mass is 331 g/mol. The number of sulfonamides is 1. The summed E-state index contributed by atoms with van der Waals surface area (Å²) in [7, 11) is -3.33. The van der Waals surface area contributed by atoms with Gasteiger partial charge in [-0.1, -0.05) is 6.92 Å². The van der Waals surface area contributed by atoms with Gasteiger partial charge in [-0.25, -0.2) is 8.42 Å². The molecule has 2 aliphatic heterocycles. The van der Waals surface area contributed by atoms with E-state index in [0.29, 0.717) is 36.4 Å². The van der Waals surface area contributed by atoms with Crippen LogP contribution in [0.15, 0.2) is 16.3 Å². The van der Waals surface area contributed by atoms with E-state index in [4.69, 9.17) is 9.47 Å². The van der Waals surface area contributed by atoms with Gasteiger partial charge in [0.25, 0.3) is 10.0 Å². The normalized spacial score (nSPS) is 22.9. The maximum atomic E-state index is 12.6. The average Bonchev–Trinajstić information content (AvgIpc) is 3.19. The molecule has 0 aromatic carbocycles. The maximum absolute atomic E-state index is 12.6. The number of nitrogens with zero attached hydrogens (tertiary/aromatic N) is 1. The summed E-state index contributed by atoms with van der Waals surface area (Å²) < 4.78 is 38.4. The van der Waals surface area contributed by atoms with Crippen molar-refractivity contribution in [2.24, 2.45) is 5.92 Å². The Bertz CT molecular complexity index is 570. The van der Waals surface area contributed by atoms with Gasteiger partial charge in [0.1, 0.15) is 4.21 Å². The molecule has 0 saturated carbocycles. The first-order valence-corrected chi connectivity index (χ1v) is 9.69. The minimum Gasteiger partial charge on any atom is -0.350 e. The lowest BCUT2D eigenvalue weighted by molar-refractivity contribution is -0.0938. The molecule has 0 spiro atoms.